The lowest BCUT2D eigenvalue weighted by molar-refractivity contribution is 0.0795. The van der Waals surface area contributed by atoms with Crippen molar-refractivity contribution < 1.29 is 19.0 Å². The zero-order valence-electron chi connectivity index (χ0n) is 10.6. The highest BCUT2D eigenvalue weighted by molar-refractivity contribution is 5.36. The van der Waals surface area contributed by atoms with Crippen LogP contribution >= 0.6 is 0 Å². The average Bonchev–Trinajstić information content (AvgIpc) is 2.88. The molecule has 1 aliphatic rings. The maximum Gasteiger partial charge on any atom is 0.132 e. The summed E-state index contributed by atoms with van der Waals surface area (Å²) in [5.74, 6) is -0.0240. The van der Waals surface area contributed by atoms with E-state index in [4.69, 9.17) is 9.47 Å². The fourth-order valence-electron chi connectivity index (χ4n) is 2.38. The van der Waals surface area contributed by atoms with Crippen LogP contribution in [-0.2, 0) is 4.74 Å². The van der Waals surface area contributed by atoms with E-state index in [-0.39, 0.29) is 11.7 Å². The SMILES string of the molecule is COc1cccc(F)c1C(O)CCC1CCCO1. The van der Waals surface area contributed by atoms with Gasteiger partial charge in [0, 0.05) is 6.61 Å². The Hall–Kier alpha value is -1.13. The Morgan fingerprint density at radius 3 is 3.06 bits per heavy atom. The van der Waals surface area contributed by atoms with Crippen LogP contribution in [0, 0.1) is 5.82 Å². The highest BCUT2D eigenvalue weighted by Gasteiger charge is 2.21. The number of halogens is 1. The Morgan fingerprint density at radius 2 is 2.39 bits per heavy atom. The lowest BCUT2D eigenvalue weighted by Crippen LogP contribution is -2.09. The number of ether oxygens (including phenoxy) is 2. The number of hydrogen-bond acceptors (Lipinski definition) is 3. The lowest BCUT2D eigenvalue weighted by Gasteiger charge is -2.17. The standard InChI is InChI=1S/C14H19FO3/c1-17-13-6-2-5-11(15)14(13)12(16)8-7-10-4-3-9-18-10/h2,5-6,10,12,16H,3-4,7-9H2,1H3. The van der Waals surface area contributed by atoms with Gasteiger partial charge in [-0.3, -0.25) is 0 Å². The molecule has 0 spiro atoms. The molecule has 0 amide bonds. The van der Waals surface area contributed by atoms with Crippen molar-refractivity contribution >= 4 is 0 Å². The monoisotopic (exact) mass is 254 g/mol. The molecule has 0 aromatic heterocycles. The van der Waals surface area contributed by atoms with Crippen LogP contribution in [0.5, 0.6) is 5.75 Å². The molecule has 0 radical (unpaired) electrons. The normalized spacial score (nSPS) is 20.9. The van der Waals surface area contributed by atoms with Crippen molar-refractivity contribution in [3.63, 3.8) is 0 Å². The molecular weight excluding hydrogens is 235 g/mol. The molecule has 2 rings (SSSR count). The van der Waals surface area contributed by atoms with Crippen molar-refractivity contribution in [1.82, 2.24) is 0 Å². The van der Waals surface area contributed by atoms with E-state index < -0.39 is 11.9 Å². The van der Waals surface area contributed by atoms with Gasteiger partial charge in [-0.1, -0.05) is 6.07 Å². The van der Waals surface area contributed by atoms with Gasteiger partial charge in [-0.05, 0) is 37.8 Å². The number of methoxy groups -OCH3 is 1. The summed E-state index contributed by atoms with van der Waals surface area (Å²) in [7, 11) is 1.48. The first-order valence-electron chi connectivity index (χ1n) is 6.34. The fraction of sp³-hybridized carbons (Fsp3) is 0.571. The zero-order chi connectivity index (χ0) is 13.0. The minimum atomic E-state index is -0.842. The van der Waals surface area contributed by atoms with E-state index >= 15 is 0 Å². The average molecular weight is 254 g/mol. The highest BCUT2D eigenvalue weighted by Crippen LogP contribution is 2.31. The molecule has 1 aromatic carbocycles. The van der Waals surface area contributed by atoms with Gasteiger partial charge >= 0.3 is 0 Å². The van der Waals surface area contributed by atoms with Gasteiger partial charge in [0.25, 0.3) is 0 Å². The van der Waals surface area contributed by atoms with Gasteiger partial charge in [0.05, 0.1) is 24.9 Å². The van der Waals surface area contributed by atoms with Crippen LogP contribution in [0.4, 0.5) is 4.39 Å². The molecule has 1 saturated heterocycles. The van der Waals surface area contributed by atoms with Crippen LogP contribution in [0.25, 0.3) is 0 Å². The summed E-state index contributed by atoms with van der Waals surface area (Å²) in [6, 6.07) is 4.57. The first-order chi connectivity index (χ1) is 8.72. The van der Waals surface area contributed by atoms with Crippen molar-refractivity contribution in [3.8, 4) is 5.75 Å². The van der Waals surface area contributed by atoms with E-state index in [1.54, 1.807) is 12.1 Å². The Balaban J connectivity index is 2.01. The quantitative estimate of drug-likeness (QED) is 0.878. The van der Waals surface area contributed by atoms with E-state index in [9.17, 15) is 9.50 Å². The first-order valence-corrected chi connectivity index (χ1v) is 6.34. The third kappa shape index (κ3) is 3.00. The van der Waals surface area contributed by atoms with Gasteiger partial charge < -0.3 is 14.6 Å². The van der Waals surface area contributed by atoms with Crippen LogP contribution in [0.2, 0.25) is 0 Å². The summed E-state index contributed by atoms with van der Waals surface area (Å²) in [6.07, 6.45) is 2.70. The second-order valence-corrected chi connectivity index (χ2v) is 4.58. The van der Waals surface area contributed by atoms with Gasteiger partial charge in [-0.2, -0.15) is 0 Å². The largest absolute Gasteiger partial charge is 0.496 e. The molecule has 4 heteroatoms. The van der Waals surface area contributed by atoms with E-state index in [1.807, 2.05) is 0 Å². The van der Waals surface area contributed by atoms with Gasteiger partial charge in [0.15, 0.2) is 0 Å². The van der Waals surface area contributed by atoms with Crippen LogP contribution in [0.15, 0.2) is 18.2 Å². The number of hydrogen-bond donors (Lipinski definition) is 1. The molecule has 0 bridgehead atoms. The van der Waals surface area contributed by atoms with Gasteiger partial charge in [0.2, 0.25) is 0 Å². The van der Waals surface area contributed by atoms with Crippen molar-refractivity contribution in [3.05, 3.63) is 29.6 Å². The minimum Gasteiger partial charge on any atom is -0.496 e. The van der Waals surface area contributed by atoms with Crippen molar-refractivity contribution in [2.75, 3.05) is 13.7 Å². The second kappa shape index (κ2) is 6.16. The summed E-state index contributed by atoms with van der Waals surface area (Å²) in [6.45, 7) is 0.795. The topological polar surface area (TPSA) is 38.7 Å². The van der Waals surface area contributed by atoms with Crippen molar-refractivity contribution in [2.24, 2.45) is 0 Å². The molecular formula is C14H19FO3. The van der Waals surface area contributed by atoms with E-state index in [1.165, 1.54) is 13.2 Å². The third-order valence-electron chi connectivity index (χ3n) is 3.35. The lowest BCUT2D eigenvalue weighted by atomic mass is 10.0. The Kier molecular flexibility index (Phi) is 4.55. The molecule has 2 atom stereocenters. The van der Waals surface area contributed by atoms with Crippen LogP contribution in [0.1, 0.15) is 37.4 Å². The van der Waals surface area contributed by atoms with Gasteiger partial charge in [-0.25, -0.2) is 4.39 Å². The van der Waals surface area contributed by atoms with Crippen molar-refractivity contribution in [2.45, 2.75) is 37.9 Å². The highest BCUT2D eigenvalue weighted by atomic mass is 19.1. The maximum absolute atomic E-state index is 13.7. The van der Waals surface area contributed by atoms with Gasteiger partial charge in [0.1, 0.15) is 11.6 Å². The summed E-state index contributed by atoms with van der Waals surface area (Å²) in [4.78, 5) is 0. The molecule has 1 aromatic rings. The molecule has 1 fully saturated rings. The van der Waals surface area contributed by atoms with E-state index in [0.29, 0.717) is 12.2 Å². The maximum atomic E-state index is 13.7. The summed E-state index contributed by atoms with van der Waals surface area (Å²) in [5.41, 5.74) is 0.248. The third-order valence-corrected chi connectivity index (χ3v) is 3.35. The minimum absolute atomic E-state index is 0.206. The van der Waals surface area contributed by atoms with E-state index in [0.717, 1.165) is 25.9 Å². The summed E-state index contributed by atoms with van der Waals surface area (Å²) >= 11 is 0. The van der Waals surface area contributed by atoms with E-state index in [2.05, 4.69) is 0 Å². The Bertz CT molecular complexity index is 389. The van der Waals surface area contributed by atoms with Crippen molar-refractivity contribution in [1.29, 1.82) is 0 Å². The predicted molar refractivity (Wildman–Crippen MR) is 66.1 cm³/mol. The number of benzene rings is 1. The molecule has 1 N–H and O–H groups in total. The smallest absolute Gasteiger partial charge is 0.132 e. The number of aliphatic hydroxyl groups excluding tert-OH is 1. The predicted octanol–water partition coefficient (Wildman–Crippen LogP) is 2.83. The summed E-state index contributed by atoms with van der Waals surface area (Å²) in [5, 5.41) is 10.1. The molecule has 100 valence electrons. The Morgan fingerprint density at radius 1 is 1.56 bits per heavy atom. The van der Waals surface area contributed by atoms with Crippen LogP contribution < -0.4 is 4.74 Å². The number of aliphatic hydroxyl groups is 1. The molecule has 1 aliphatic heterocycles. The molecule has 18 heavy (non-hydrogen) atoms. The molecule has 1 heterocycles. The number of rotatable bonds is 5. The molecule has 2 unspecified atom stereocenters. The molecule has 0 aliphatic carbocycles. The second-order valence-electron chi connectivity index (χ2n) is 4.58. The fourth-order valence-corrected chi connectivity index (χ4v) is 2.38. The first kappa shape index (κ1) is 13.3. The molecule has 0 saturated carbocycles. The van der Waals surface area contributed by atoms with Crippen LogP contribution in [0.3, 0.4) is 0 Å². The Labute approximate surface area is 107 Å². The zero-order valence-corrected chi connectivity index (χ0v) is 10.6. The van der Waals surface area contributed by atoms with Crippen LogP contribution in [-0.4, -0.2) is 24.9 Å². The summed E-state index contributed by atoms with van der Waals surface area (Å²) < 4.78 is 24.3. The molecule has 3 nitrogen and oxygen atoms in total. The van der Waals surface area contributed by atoms with Gasteiger partial charge in [-0.15, -0.1) is 0 Å².